The summed E-state index contributed by atoms with van der Waals surface area (Å²) in [5, 5.41) is 4.75. The molecule has 134 valence electrons. The van der Waals surface area contributed by atoms with Crippen LogP contribution in [0.5, 0.6) is 0 Å². The number of morpholine rings is 1. The number of anilines is 3. The molecule has 3 heterocycles. The molecule has 2 aromatic heterocycles. The van der Waals surface area contributed by atoms with E-state index in [1.165, 1.54) is 40.8 Å². The van der Waals surface area contributed by atoms with Crippen LogP contribution in [0, 0.1) is 0 Å². The Hall–Kier alpha value is -2.18. The first-order valence-electron chi connectivity index (χ1n) is 9.33. The molecular weight excluding hydrogens is 344 g/mol. The Labute approximate surface area is 157 Å². The van der Waals surface area contributed by atoms with Crippen LogP contribution in [-0.4, -0.2) is 36.3 Å². The molecule has 26 heavy (non-hydrogen) atoms. The molecule has 0 bridgehead atoms. The lowest BCUT2D eigenvalue weighted by Crippen LogP contribution is -2.36. The van der Waals surface area contributed by atoms with Crippen LogP contribution in [-0.2, 0) is 17.6 Å². The first kappa shape index (κ1) is 16.0. The third kappa shape index (κ3) is 2.93. The SMILES string of the molecule is c1nc(Nc2ccc(N3CCOCC3)cc2)c2c3c(sc2n1)CCCC3. The van der Waals surface area contributed by atoms with E-state index in [9.17, 15) is 0 Å². The molecule has 1 saturated heterocycles. The van der Waals surface area contributed by atoms with Gasteiger partial charge in [-0.05, 0) is 55.5 Å². The highest BCUT2D eigenvalue weighted by Gasteiger charge is 2.20. The van der Waals surface area contributed by atoms with Crippen molar-refractivity contribution in [1.29, 1.82) is 0 Å². The van der Waals surface area contributed by atoms with Gasteiger partial charge in [0, 0.05) is 29.3 Å². The number of fused-ring (bicyclic) bond motifs is 3. The molecule has 1 fully saturated rings. The van der Waals surface area contributed by atoms with Crippen molar-refractivity contribution in [2.75, 3.05) is 36.5 Å². The molecule has 0 saturated carbocycles. The minimum absolute atomic E-state index is 0.808. The van der Waals surface area contributed by atoms with Gasteiger partial charge in [0.15, 0.2) is 0 Å². The van der Waals surface area contributed by atoms with Gasteiger partial charge in [-0.2, -0.15) is 0 Å². The largest absolute Gasteiger partial charge is 0.378 e. The first-order valence-corrected chi connectivity index (χ1v) is 10.2. The summed E-state index contributed by atoms with van der Waals surface area (Å²) < 4.78 is 5.44. The molecule has 5 rings (SSSR count). The van der Waals surface area contributed by atoms with Gasteiger partial charge >= 0.3 is 0 Å². The second kappa shape index (κ2) is 6.85. The van der Waals surface area contributed by atoms with Gasteiger partial charge in [-0.1, -0.05) is 0 Å². The molecule has 1 aliphatic carbocycles. The molecule has 6 heteroatoms. The molecule has 1 N–H and O–H groups in total. The average molecular weight is 366 g/mol. The van der Waals surface area contributed by atoms with Gasteiger partial charge in [-0.15, -0.1) is 11.3 Å². The van der Waals surface area contributed by atoms with Crippen LogP contribution < -0.4 is 10.2 Å². The van der Waals surface area contributed by atoms with Crippen molar-refractivity contribution in [3.05, 3.63) is 41.0 Å². The quantitative estimate of drug-likeness (QED) is 0.755. The number of thiophene rings is 1. The van der Waals surface area contributed by atoms with Crippen LogP contribution in [0.3, 0.4) is 0 Å². The summed E-state index contributed by atoms with van der Waals surface area (Å²) in [5.74, 6) is 0.938. The molecule has 1 aromatic carbocycles. The van der Waals surface area contributed by atoms with Gasteiger partial charge in [-0.25, -0.2) is 9.97 Å². The van der Waals surface area contributed by atoms with Crippen molar-refractivity contribution >= 4 is 38.7 Å². The van der Waals surface area contributed by atoms with E-state index in [1.54, 1.807) is 6.33 Å². The van der Waals surface area contributed by atoms with Crippen LogP contribution in [0.4, 0.5) is 17.2 Å². The number of aromatic nitrogens is 2. The summed E-state index contributed by atoms with van der Waals surface area (Å²) in [6.07, 6.45) is 6.56. The highest BCUT2D eigenvalue weighted by atomic mass is 32.1. The zero-order valence-corrected chi connectivity index (χ0v) is 15.5. The van der Waals surface area contributed by atoms with E-state index >= 15 is 0 Å². The molecule has 2 aliphatic rings. The number of hydrogen-bond acceptors (Lipinski definition) is 6. The molecule has 0 atom stereocenters. The first-order chi connectivity index (χ1) is 12.9. The number of aryl methyl sites for hydroxylation is 2. The monoisotopic (exact) mass is 366 g/mol. The summed E-state index contributed by atoms with van der Waals surface area (Å²) in [5.41, 5.74) is 3.78. The predicted octanol–water partition coefficient (Wildman–Crippen LogP) is 4.15. The lowest BCUT2D eigenvalue weighted by atomic mass is 9.97. The standard InChI is InChI=1S/C20H22N4OS/c1-2-4-17-16(3-1)18-19(21-13-22-20(18)26-17)23-14-5-7-15(8-6-14)24-9-11-25-12-10-24/h5-8,13H,1-4,9-12H2,(H,21,22,23). The molecule has 5 nitrogen and oxygen atoms in total. The van der Waals surface area contributed by atoms with Crippen molar-refractivity contribution in [2.24, 2.45) is 0 Å². The van der Waals surface area contributed by atoms with Crippen LogP contribution in [0.1, 0.15) is 23.3 Å². The summed E-state index contributed by atoms with van der Waals surface area (Å²) in [6.45, 7) is 3.53. The van der Waals surface area contributed by atoms with Gasteiger partial charge in [0.2, 0.25) is 0 Å². The van der Waals surface area contributed by atoms with Gasteiger partial charge in [-0.3, -0.25) is 0 Å². The maximum Gasteiger partial charge on any atom is 0.142 e. The Bertz CT molecular complexity index is 915. The van der Waals surface area contributed by atoms with Crippen molar-refractivity contribution in [2.45, 2.75) is 25.7 Å². The zero-order valence-electron chi connectivity index (χ0n) is 14.7. The number of benzene rings is 1. The number of rotatable bonds is 3. The summed E-state index contributed by atoms with van der Waals surface area (Å²) in [4.78, 5) is 14.0. The van der Waals surface area contributed by atoms with Crippen molar-refractivity contribution in [3.63, 3.8) is 0 Å². The zero-order chi connectivity index (χ0) is 17.3. The maximum atomic E-state index is 5.44. The minimum Gasteiger partial charge on any atom is -0.378 e. The Morgan fingerprint density at radius 1 is 1.00 bits per heavy atom. The summed E-state index contributed by atoms with van der Waals surface area (Å²) in [7, 11) is 0. The highest BCUT2D eigenvalue weighted by molar-refractivity contribution is 7.19. The van der Waals surface area contributed by atoms with Crippen LogP contribution >= 0.6 is 11.3 Å². The fourth-order valence-electron chi connectivity index (χ4n) is 3.90. The number of ether oxygens (including phenoxy) is 1. The number of hydrogen-bond donors (Lipinski definition) is 1. The summed E-state index contributed by atoms with van der Waals surface area (Å²) >= 11 is 1.84. The van der Waals surface area contributed by atoms with Crippen LogP contribution in [0.15, 0.2) is 30.6 Å². The van der Waals surface area contributed by atoms with Crippen molar-refractivity contribution in [3.8, 4) is 0 Å². The van der Waals surface area contributed by atoms with Gasteiger partial charge in [0.05, 0.1) is 18.6 Å². The normalized spacial score (nSPS) is 17.3. The molecule has 0 spiro atoms. The molecular formula is C20H22N4OS. The second-order valence-electron chi connectivity index (χ2n) is 6.88. The number of nitrogens with zero attached hydrogens (tertiary/aromatic N) is 3. The van der Waals surface area contributed by atoms with E-state index in [-0.39, 0.29) is 0 Å². The lowest BCUT2D eigenvalue weighted by molar-refractivity contribution is 0.122. The Kier molecular flexibility index (Phi) is 4.22. The Morgan fingerprint density at radius 2 is 1.81 bits per heavy atom. The molecule has 1 aliphatic heterocycles. The van der Waals surface area contributed by atoms with Crippen molar-refractivity contribution in [1.82, 2.24) is 9.97 Å². The summed E-state index contributed by atoms with van der Waals surface area (Å²) in [6, 6.07) is 8.62. The fourth-order valence-corrected chi connectivity index (χ4v) is 5.13. The predicted molar refractivity (Wildman–Crippen MR) is 107 cm³/mol. The van der Waals surface area contributed by atoms with E-state index in [4.69, 9.17) is 4.74 Å². The van der Waals surface area contributed by atoms with Crippen LogP contribution in [0.2, 0.25) is 0 Å². The topological polar surface area (TPSA) is 50.3 Å². The third-order valence-corrected chi connectivity index (χ3v) is 6.46. The Morgan fingerprint density at radius 3 is 2.65 bits per heavy atom. The van der Waals surface area contributed by atoms with E-state index in [0.717, 1.165) is 49.1 Å². The van der Waals surface area contributed by atoms with E-state index in [1.807, 2.05) is 11.3 Å². The van der Waals surface area contributed by atoms with Crippen LogP contribution in [0.25, 0.3) is 10.2 Å². The van der Waals surface area contributed by atoms with E-state index < -0.39 is 0 Å². The average Bonchev–Trinajstić information content (AvgIpc) is 3.09. The number of nitrogens with one attached hydrogen (secondary N) is 1. The highest BCUT2D eigenvalue weighted by Crippen LogP contribution is 2.38. The van der Waals surface area contributed by atoms with E-state index in [0.29, 0.717) is 0 Å². The van der Waals surface area contributed by atoms with Gasteiger partial charge in [0.1, 0.15) is 17.0 Å². The molecule has 0 amide bonds. The van der Waals surface area contributed by atoms with Gasteiger partial charge < -0.3 is 15.0 Å². The van der Waals surface area contributed by atoms with Gasteiger partial charge in [0.25, 0.3) is 0 Å². The second-order valence-corrected chi connectivity index (χ2v) is 7.97. The lowest BCUT2D eigenvalue weighted by Gasteiger charge is -2.28. The molecule has 0 radical (unpaired) electrons. The van der Waals surface area contributed by atoms with Crippen molar-refractivity contribution < 1.29 is 4.74 Å². The maximum absolute atomic E-state index is 5.44. The van der Waals surface area contributed by atoms with E-state index in [2.05, 4.69) is 44.5 Å². The third-order valence-electron chi connectivity index (χ3n) is 5.26. The molecule has 0 unspecified atom stereocenters. The fraction of sp³-hybridized carbons (Fsp3) is 0.400. The Balaban J connectivity index is 1.43. The molecule has 3 aromatic rings. The minimum atomic E-state index is 0.808. The smallest absolute Gasteiger partial charge is 0.142 e.